The number of aliphatic imine (C=N–C) groups is 2. The Bertz CT molecular complexity index is 232. The average Bonchev–Trinajstić information content (AvgIpc) is 2.36. The van der Waals surface area contributed by atoms with Gasteiger partial charge >= 0.3 is 0 Å². The summed E-state index contributed by atoms with van der Waals surface area (Å²) in [6.45, 7) is 0.362. The maximum atomic E-state index is 10.9. The molecule has 2 rings (SSSR count). The minimum atomic E-state index is -0.409. The maximum Gasteiger partial charge on any atom is 0.254 e. The molecule has 0 aromatic carbocycles. The van der Waals surface area contributed by atoms with E-state index in [1.165, 1.54) is 6.34 Å². The van der Waals surface area contributed by atoms with Gasteiger partial charge in [0.25, 0.3) is 5.91 Å². The third kappa shape index (κ3) is 0.601. The van der Waals surface area contributed by atoms with E-state index in [1.54, 1.807) is 0 Å². The van der Waals surface area contributed by atoms with E-state index in [4.69, 9.17) is 0 Å². The van der Waals surface area contributed by atoms with E-state index in [0.29, 0.717) is 12.5 Å². The topological polar surface area (TPSA) is 65.8 Å². The van der Waals surface area contributed by atoms with E-state index >= 15 is 0 Å². The van der Waals surface area contributed by atoms with Gasteiger partial charge in [-0.3, -0.25) is 9.79 Å². The van der Waals surface area contributed by atoms with Crippen molar-refractivity contribution in [1.82, 2.24) is 10.6 Å². The lowest BCUT2D eigenvalue weighted by Crippen LogP contribution is -2.44. The van der Waals surface area contributed by atoms with Gasteiger partial charge in [-0.25, -0.2) is 4.99 Å². The lowest BCUT2D eigenvalue weighted by Gasteiger charge is -2.13. The summed E-state index contributed by atoms with van der Waals surface area (Å²) in [6.07, 6.45) is 1.49. The predicted molar refractivity (Wildman–Crippen MR) is 35.9 cm³/mol. The van der Waals surface area contributed by atoms with Crippen LogP contribution in [0.1, 0.15) is 0 Å². The molecule has 2 aliphatic heterocycles. The maximum absolute atomic E-state index is 10.9. The van der Waals surface area contributed by atoms with Crippen LogP contribution in [0.15, 0.2) is 9.98 Å². The largest absolute Gasteiger partial charge is 0.335 e. The van der Waals surface area contributed by atoms with Gasteiger partial charge in [0.15, 0.2) is 6.04 Å². The Hall–Kier alpha value is -1.39. The highest BCUT2D eigenvalue weighted by atomic mass is 16.2. The normalized spacial score (nSPS) is 28.6. The molecule has 1 atom stereocenters. The number of carbonyl (C=O) groups excluding carboxylic acids is 1. The van der Waals surface area contributed by atoms with Crippen LogP contribution >= 0.6 is 0 Å². The van der Waals surface area contributed by atoms with Crippen molar-refractivity contribution in [1.29, 1.82) is 0 Å². The number of hydrogen-bond donors (Lipinski definition) is 2. The molecule has 0 fully saturated rings. The molecule has 5 nitrogen and oxygen atoms in total. The molecule has 10 heavy (non-hydrogen) atoms. The van der Waals surface area contributed by atoms with Gasteiger partial charge in [-0.15, -0.1) is 0 Å². The molecule has 2 heterocycles. The van der Waals surface area contributed by atoms with Gasteiger partial charge in [0.2, 0.25) is 0 Å². The van der Waals surface area contributed by atoms with Crippen molar-refractivity contribution in [3.05, 3.63) is 0 Å². The highest BCUT2D eigenvalue weighted by molar-refractivity contribution is 6.15. The molecular formula is C5H6N4O. The van der Waals surface area contributed by atoms with Gasteiger partial charge in [-0.1, -0.05) is 0 Å². The Balaban J connectivity index is 2.33. The summed E-state index contributed by atoms with van der Waals surface area (Å²) in [5, 5.41) is 5.36. The van der Waals surface area contributed by atoms with Crippen LogP contribution in [0.5, 0.6) is 0 Å². The number of amides is 1. The first-order valence-electron chi connectivity index (χ1n) is 2.98. The van der Waals surface area contributed by atoms with E-state index in [2.05, 4.69) is 20.6 Å². The number of hydrogen-bond acceptors (Lipinski definition) is 4. The van der Waals surface area contributed by atoms with Crippen molar-refractivity contribution in [3.63, 3.8) is 0 Å². The molecule has 2 N–H and O–H groups in total. The van der Waals surface area contributed by atoms with Crippen LogP contribution in [0.25, 0.3) is 0 Å². The van der Waals surface area contributed by atoms with Crippen LogP contribution in [0.3, 0.4) is 0 Å². The number of nitrogens with zero attached hydrogens (tertiary/aromatic N) is 2. The molecule has 0 radical (unpaired) electrons. The van der Waals surface area contributed by atoms with Crippen LogP contribution in [-0.4, -0.2) is 30.8 Å². The second-order valence-corrected chi connectivity index (χ2v) is 2.07. The standard InChI is InChI=1S/C5H6N4O/c10-5-3-4(7-1-6-3)8-2-9-5/h1,3H,2H2,(H,9,10)(H,6,7,8). The molecule has 0 bridgehead atoms. The molecule has 0 saturated carbocycles. The Kier molecular flexibility index (Phi) is 0.969. The highest BCUT2D eigenvalue weighted by Crippen LogP contribution is 2.01. The van der Waals surface area contributed by atoms with Gasteiger partial charge < -0.3 is 10.6 Å². The number of carbonyl (C=O) groups is 1. The number of fused-ring (bicyclic) bond motifs is 1. The second kappa shape index (κ2) is 1.80. The van der Waals surface area contributed by atoms with Crippen molar-refractivity contribution in [2.45, 2.75) is 6.04 Å². The summed E-state index contributed by atoms with van der Waals surface area (Å²) in [7, 11) is 0. The zero-order chi connectivity index (χ0) is 6.97. The summed E-state index contributed by atoms with van der Waals surface area (Å²) >= 11 is 0. The monoisotopic (exact) mass is 138 g/mol. The van der Waals surface area contributed by atoms with Crippen LogP contribution in [0, 0.1) is 0 Å². The number of rotatable bonds is 0. The molecule has 0 aliphatic carbocycles. The molecule has 5 heteroatoms. The quantitative estimate of drug-likeness (QED) is 0.426. The third-order valence-electron chi connectivity index (χ3n) is 1.45. The van der Waals surface area contributed by atoms with Gasteiger partial charge in [-0.05, 0) is 0 Å². The fourth-order valence-corrected chi connectivity index (χ4v) is 0.951. The molecule has 1 amide bonds. The first-order chi connectivity index (χ1) is 4.88. The smallest absolute Gasteiger partial charge is 0.254 e. The van der Waals surface area contributed by atoms with E-state index in [9.17, 15) is 4.79 Å². The van der Waals surface area contributed by atoms with Crippen LogP contribution in [-0.2, 0) is 4.79 Å². The average molecular weight is 138 g/mol. The zero-order valence-electron chi connectivity index (χ0n) is 5.16. The summed E-state index contributed by atoms with van der Waals surface area (Å²) in [5.41, 5.74) is 0. The van der Waals surface area contributed by atoms with Crippen LogP contribution < -0.4 is 10.6 Å². The summed E-state index contributed by atoms with van der Waals surface area (Å²) in [4.78, 5) is 18.8. The van der Waals surface area contributed by atoms with Gasteiger partial charge in [0.05, 0.1) is 6.34 Å². The van der Waals surface area contributed by atoms with E-state index in [0.717, 1.165) is 0 Å². The zero-order valence-corrected chi connectivity index (χ0v) is 5.16. The van der Waals surface area contributed by atoms with Crippen molar-refractivity contribution in [2.75, 3.05) is 6.67 Å². The Morgan fingerprint density at radius 3 is 3.40 bits per heavy atom. The van der Waals surface area contributed by atoms with Crippen molar-refractivity contribution >= 4 is 18.1 Å². The van der Waals surface area contributed by atoms with Crippen molar-refractivity contribution < 1.29 is 4.79 Å². The molecule has 0 spiro atoms. The first-order valence-corrected chi connectivity index (χ1v) is 2.98. The van der Waals surface area contributed by atoms with Gasteiger partial charge in [-0.2, -0.15) is 0 Å². The second-order valence-electron chi connectivity index (χ2n) is 2.07. The summed E-state index contributed by atoms with van der Waals surface area (Å²) in [5.74, 6) is 0.579. The first kappa shape index (κ1) is 5.40. The molecular weight excluding hydrogens is 132 g/mol. The Labute approximate surface area is 57.2 Å². The molecule has 1 unspecified atom stereocenters. The fraction of sp³-hybridized carbons (Fsp3) is 0.400. The summed E-state index contributed by atoms with van der Waals surface area (Å²) in [6, 6.07) is -0.409. The predicted octanol–water partition coefficient (Wildman–Crippen LogP) is -1.53. The summed E-state index contributed by atoms with van der Waals surface area (Å²) < 4.78 is 0. The molecule has 0 aromatic rings. The van der Waals surface area contributed by atoms with E-state index in [-0.39, 0.29) is 5.91 Å². The minimum absolute atomic E-state index is 0.0775. The lowest BCUT2D eigenvalue weighted by molar-refractivity contribution is -0.121. The Morgan fingerprint density at radius 1 is 1.70 bits per heavy atom. The van der Waals surface area contributed by atoms with E-state index in [1.807, 2.05) is 0 Å². The number of nitrogens with one attached hydrogen (secondary N) is 2. The van der Waals surface area contributed by atoms with Crippen molar-refractivity contribution in [2.24, 2.45) is 9.98 Å². The lowest BCUT2D eigenvalue weighted by atomic mass is 10.2. The minimum Gasteiger partial charge on any atom is -0.335 e. The SMILES string of the molecule is O=C1NCN=C2NC=NC12. The third-order valence-corrected chi connectivity index (χ3v) is 1.45. The molecule has 52 valence electrons. The Morgan fingerprint density at radius 2 is 2.60 bits per heavy atom. The molecule has 2 aliphatic rings. The fourth-order valence-electron chi connectivity index (χ4n) is 0.951. The van der Waals surface area contributed by atoms with Gasteiger partial charge in [0.1, 0.15) is 12.5 Å². The van der Waals surface area contributed by atoms with E-state index < -0.39 is 6.04 Å². The van der Waals surface area contributed by atoms with Crippen LogP contribution in [0.2, 0.25) is 0 Å². The van der Waals surface area contributed by atoms with Crippen LogP contribution in [0.4, 0.5) is 0 Å². The number of amidine groups is 1. The molecule has 0 saturated heterocycles. The molecule has 0 aromatic heterocycles. The van der Waals surface area contributed by atoms with Gasteiger partial charge in [0, 0.05) is 0 Å². The highest BCUT2D eigenvalue weighted by Gasteiger charge is 2.28. The van der Waals surface area contributed by atoms with Crippen molar-refractivity contribution in [3.8, 4) is 0 Å².